The van der Waals surface area contributed by atoms with E-state index in [2.05, 4.69) is 50.0 Å². The van der Waals surface area contributed by atoms with E-state index in [0.29, 0.717) is 0 Å². The molecule has 20 heavy (non-hydrogen) atoms. The molecule has 0 aliphatic rings. The lowest BCUT2D eigenvalue weighted by molar-refractivity contribution is 0.590. The summed E-state index contributed by atoms with van der Waals surface area (Å²) in [5, 5.41) is 0. The first kappa shape index (κ1) is 12.7. The maximum Gasteiger partial charge on any atom is 0.137 e. The average Bonchev–Trinajstić information content (AvgIpc) is 2.80. The van der Waals surface area contributed by atoms with Gasteiger partial charge in [0, 0.05) is 23.6 Å². The lowest BCUT2D eigenvalue weighted by atomic mass is 9.86. The van der Waals surface area contributed by atoms with Crippen LogP contribution >= 0.6 is 0 Å². The van der Waals surface area contributed by atoms with Crippen LogP contribution in [0, 0.1) is 0 Å². The quantitative estimate of drug-likeness (QED) is 0.725. The first-order valence-corrected chi connectivity index (χ1v) is 6.79. The largest absolute Gasteiger partial charge is 0.398 e. The summed E-state index contributed by atoms with van der Waals surface area (Å²) in [7, 11) is 0. The molecule has 3 aromatic rings. The number of aromatic nitrogens is 2. The van der Waals surface area contributed by atoms with E-state index in [4.69, 9.17) is 5.73 Å². The van der Waals surface area contributed by atoms with Crippen LogP contribution in [0.1, 0.15) is 26.3 Å². The van der Waals surface area contributed by atoms with Crippen molar-refractivity contribution in [1.82, 2.24) is 9.38 Å². The third kappa shape index (κ3) is 2.27. The zero-order valence-corrected chi connectivity index (χ0v) is 12.1. The van der Waals surface area contributed by atoms with Crippen LogP contribution in [-0.2, 0) is 5.41 Å². The number of pyridine rings is 1. The maximum absolute atomic E-state index is 5.79. The van der Waals surface area contributed by atoms with E-state index < -0.39 is 0 Å². The molecule has 2 heterocycles. The molecule has 2 aromatic heterocycles. The summed E-state index contributed by atoms with van der Waals surface area (Å²) in [6.07, 6.45) is 3.90. The Bertz CT molecular complexity index is 746. The second-order valence-corrected chi connectivity index (χ2v) is 6.18. The highest BCUT2D eigenvalue weighted by molar-refractivity contribution is 5.64. The Kier molecular flexibility index (Phi) is 2.78. The smallest absolute Gasteiger partial charge is 0.137 e. The van der Waals surface area contributed by atoms with Crippen LogP contribution in [-0.4, -0.2) is 9.38 Å². The number of anilines is 1. The summed E-state index contributed by atoms with van der Waals surface area (Å²) in [5.74, 6) is 0. The van der Waals surface area contributed by atoms with Gasteiger partial charge in [-0.2, -0.15) is 0 Å². The van der Waals surface area contributed by atoms with Crippen molar-refractivity contribution in [1.29, 1.82) is 0 Å². The van der Waals surface area contributed by atoms with Gasteiger partial charge in [-0.3, -0.25) is 0 Å². The molecule has 0 aliphatic heterocycles. The van der Waals surface area contributed by atoms with Gasteiger partial charge in [0.15, 0.2) is 0 Å². The number of nitrogen functional groups attached to an aromatic ring is 1. The van der Waals surface area contributed by atoms with E-state index in [-0.39, 0.29) is 5.41 Å². The van der Waals surface area contributed by atoms with Crippen LogP contribution in [0.3, 0.4) is 0 Å². The van der Waals surface area contributed by atoms with Gasteiger partial charge in [-0.25, -0.2) is 4.98 Å². The molecule has 102 valence electrons. The minimum atomic E-state index is 0.173. The van der Waals surface area contributed by atoms with Gasteiger partial charge in [-0.15, -0.1) is 0 Å². The fraction of sp³-hybridized carbons (Fsp3) is 0.235. The second kappa shape index (κ2) is 4.37. The van der Waals surface area contributed by atoms with Gasteiger partial charge in [0.1, 0.15) is 5.65 Å². The normalized spacial score (nSPS) is 11.9. The van der Waals surface area contributed by atoms with Crippen molar-refractivity contribution in [2.75, 3.05) is 5.73 Å². The molecule has 0 saturated carbocycles. The van der Waals surface area contributed by atoms with Gasteiger partial charge in [0.25, 0.3) is 0 Å². The summed E-state index contributed by atoms with van der Waals surface area (Å²) in [5.41, 5.74) is 11.0. The van der Waals surface area contributed by atoms with E-state index in [1.165, 1.54) is 5.56 Å². The number of hydrogen-bond donors (Lipinski definition) is 1. The van der Waals surface area contributed by atoms with Crippen LogP contribution in [0.25, 0.3) is 16.9 Å². The number of fused-ring (bicyclic) bond motifs is 1. The maximum atomic E-state index is 5.79. The molecule has 2 N–H and O–H groups in total. The molecule has 0 saturated heterocycles. The Morgan fingerprint density at radius 1 is 0.950 bits per heavy atom. The topological polar surface area (TPSA) is 43.3 Å². The zero-order chi connectivity index (χ0) is 14.3. The van der Waals surface area contributed by atoms with Gasteiger partial charge in [0.05, 0.1) is 5.69 Å². The predicted molar refractivity (Wildman–Crippen MR) is 83.7 cm³/mol. The van der Waals surface area contributed by atoms with Crippen molar-refractivity contribution in [2.24, 2.45) is 0 Å². The molecule has 0 fully saturated rings. The van der Waals surface area contributed by atoms with E-state index in [1.807, 2.05) is 28.9 Å². The lowest BCUT2D eigenvalue weighted by Crippen LogP contribution is -2.10. The van der Waals surface area contributed by atoms with Crippen molar-refractivity contribution in [2.45, 2.75) is 26.2 Å². The fourth-order valence-corrected chi connectivity index (χ4v) is 2.29. The fourth-order valence-electron chi connectivity index (χ4n) is 2.29. The van der Waals surface area contributed by atoms with Crippen molar-refractivity contribution in [3.05, 3.63) is 54.4 Å². The van der Waals surface area contributed by atoms with Crippen molar-refractivity contribution < 1.29 is 0 Å². The average molecular weight is 265 g/mol. The third-order valence-electron chi connectivity index (χ3n) is 3.52. The number of rotatable bonds is 1. The monoisotopic (exact) mass is 265 g/mol. The number of nitrogens with two attached hydrogens (primary N) is 1. The summed E-state index contributed by atoms with van der Waals surface area (Å²) < 4.78 is 1.96. The molecule has 3 nitrogen and oxygen atoms in total. The molecule has 0 atom stereocenters. The van der Waals surface area contributed by atoms with Gasteiger partial charge in [-0.1, -0.05) is 45.0 Å². The molecular formula is C17H19N3. The molecule has 1 aromatic carbocycles. The van der Waals surface area contributed by atoms with E-state index in [9.17, 15) is 0 Å². The van der Waals surface area contributed by atoms with Crippen LogP contribution in [0.15, 0.2) is 48.8 Å². The van der Waals surface area contributed by atoms with Crippen LogP contribution in [0.5, 0.6) is 0 Å². The Hall–Kier alpha value is -2.29. The standard InChI is InChI=1S/C17H19N3/c1-17(2,3)13-6-4-12(5-7-13)15-11-20-10-14(18)8-9-16(20)19-15/h4-11H,18H2,1-3H3. The van der Waals surface area contributed by atoms with Crippen molar-refractivity contribution >= 4 is 11.3 Å². The molecule has 0 radical (unpaired) electrons. The summed E-state index contributed by atoms with van der Waals surface area (Å²) in [6.45, 7) is 6.65. The number of benzene rings is 1. The highest BCUT2D eigenvalue weighted by atomic mass is 15.0. The number of imidazole rings is 1. The predicted octanol–water partition coefficient (Wildman–Crippen LogP) is 3.88. The Morgan fingerprint density at radius 2 is 1.65 bits per heavy atom. The molecule has 0 bridgehead atoms. The number of nitrogens with zero attached hydrogens (tertiary/aromatic N) is 2. The van der Waals surface area contributed by atoms with Crippen LogP contribution in [0.2, 0.25) is 0 Å². The SMILES string of the molecule is CC(C)(C)c1ccc(-c2cn3cc(N)ccc3n2)cc1. The van der Waals surface area contributed by atoms with E-state index >= 15 is 0 Å². The summed E-state index contributed by atoms with van der Waals surface area (Å²) in [4.78, 5) is 4.62. The molecule has 3 rings (SSSR count). The molecular weight excluding hydrogens is 246 g/mol. The first-order chi connectivity index (χ1) is 9.43. The second-order valence-electron chi connectivity index (χ2n) is 6.18. The first-order valence-electron chi connectivity index (χ1n) is 6.79. The zero-order valence-electron chi connectivity index (χ0n) is 12.1. The Morgan fingerprint density at radius 3 is 2.30 bits per heavy atom. The van der Waals surface area contributed by atoms with Crippen LogP contribution in [0.4, 0.5) is 5.69 Å². The highest BCUT2D eigenvalue weighted by Crippen LogP contribution is 2.26. The van der Waals surface area contributed by atoms with Crippen molar-refractivity contribution in [3.63, 3.8) is 0 Å². The van der Waals surface area contributed by atoms with E-state index in [0.717, 1.165) is 22.6 Å². The summed E-state index contributed by atoms with van der Waals surface area (Å²) in [6, 6.07) is 12.4. The molecule has 0 aliphatic carbocycles. The van der Waals surface area contributed by atoms with Crippen molar-refractivity contribution in [3.8, 4) is 11.3 Å². The van der Waals surface area contributed by atoms with Crippen LogP contribution < -0.4 is 5.73 Å². The Labute approximate surface area is 119 Å². The highest BCUT2D eigenvalue weighted by Gasteiger charge is 2.13. The minimum Gasteiger partial charge on any atom is -0.398 e. The molecule has 3 heteroatoms. The number of hydrogen-bond acceptors (Lipinski definition) is 2. The molecule has 0 unspecified atom stereocenters. The Balaban J connectivity index is 2.02. The van der Waals surface area contributed by atoms with Gasteiger partial charge in [-0.05, 0) is 23.1 Å². The minimum absolute atomic E-state index is 0.173. The van der Waals surface area contributed by atoms with E-state index in [1.54, 1.807) is 0 Å². The molecule has 0 amide bonds. The van der Waals surface area contributed by atoms with Gasteiger partial charge >= 0.3 is 0 Å². The van der Waals surface area contributed by atoms with Gasteiger partial charge in [0.2, 0.25) is 0 Å². The van der Waals surface area contributed by atoms with Gasteiger partial charge < -0.3 is 10.1 Å². The third-order valence-corrected chi connectivity index (χ3v) is 3.52. The summed E-state index contributed by atoms with van der Waals surface area (Å²) >= 11 is 0. The lowest BCUT2D eigenvalue weighted by Gasteiger charge is -2.18. The molecule has 0 spiro atoms.